The van der Waals surface area contributed by atoms with Crippen molar-refractivity contribution in [1.82, 2.24) is 0 Å². The lowest BCUT2D eigenvalue weighted by atomic mass is 9.47. The third-order valence-electron chi connectivity index (χ3n) is 14.5. The fraction of sp³-hybridized carbons (Fsp3) is 0.915. The van der Waals surface area contributed by atoms with Crippen LogP contribution in [-0.4, -0.2) is 50.3 Å². The van der Waals surface area contributed by atoms with Crippen LogP contribution in [0.25, 0.3) is 0 Å². The Morgan fingerprint density at radius 2 is 1.47 bits per heavy atom. The second-order valence-electron chi connectivity index (χ2n) is 18.7. The van der Waals surface area contributed by atoms with E-state index in [1.165, 1.54) is 122 Å². The normalized spacial score (nSPS) is 31.8. The summed E-state index contributed by atoms with van der Waals surface area (Å²) < 4.78 is 17.9. The van der Waals surface area contributed by atoms with Crippen LogP contribution in [0, 0.1) is 46.3 Å². The Morgan fingerprint density at radius 1 is 0.765 bits per heavy atom. The zero-order chi connectivity index (χ0) is 36.5. The van der Waals surface area contributed by atoms with Crippen molar-refractivity contribution in [3.63, 3.8) is 0 Å². The standard InChI is InChI=1S/C47H84O4/c1-7-8-9-10-11-12-14-17-31-49-35-40(48)36-50-32-18-15-13-16-19-33-51-41-27-29-46(5)39(34-41)23-24-42-44-26-25-43(38(4)22-20-21-37(2)3)47(44,6)30-28-45(42)46/h11-12,23,37-38,40-45,48H,7-10,13-22,24-36H2,1-6H3/b12-11-/t38-,40-,41+,42+,43-,44?,45?,46+,47-/m1/s1. The molecule has 0 radical (unpaired) electrons. The van der Waals surface area contributed by atoms with Gasteiger partial charge in [0.2, 0.25) is 0 Å². The van der Waals surface area contributed by atoms with Gasteiger partial charge < -0.3 is 19.3 Å². The van der Waals surface area contributed by atoms with E-state index in [-0.39, 0.29) is 0 Å². The van der Waals surface area contributed by atoms with Crippen LogP contribution in [0.15, 0.2) is 23.8 Å². The minimum atomic E-state index is -0.522. The molecule has 4 rings (SSSR count). The molecular weight excluding hydrogens is 629 g/mol. The molecule has 9 atom stereocenters. The van der Waals surface area contributed by atoms with Crippen molar-refractivity contribution >= 4 is 0 Å². The van der Waals surface area contributed by atoms with Crippen molar-refractivity contribution < 1.29 is 19.3 Å². The summed E-state index contributed by atoms with van der Waals surface area (Å²) in [6.45, 7) is 18.1. The molecule has 0 bridgehead atoms. The van der Waals surface area contributed by atoms with Crippen LogP contribution in [0.1, 0.15) is 183 Å². The molecule has 51 heavy (non-hydrogen) atoms. The first-order valence-corrected chi connectivity index (χ1v) is 22.5. The maximum atomic E-state index is 10.1. The lowest BCUT2D eigenvalue weighted by Gasteiger charge is -2.58. The topological polar surface area (TPSA) is 47.9 Å². The predicted molar refractivity (Wildman–Crippen MR) is 216 cm³/mol. The van der Waals surface area contributed by atoms with Crippen LogP contribution in [-0.2, 0) is 14.2 Å². The number of aliphatic hydroxyl groups is 1. The quantitative estimate of drug-likeness (QED) is 0.0716. The number of rotatable bonds is 26. The molecule has 0 amide bonds. The van der Waals surface area contributed by atoms with Crippen LogP contribution in [0.5, 0.6) is 0 Å². The number of ether oxygens (including phenoxy) is 3. The molecule has 4 aliphatic carbocycles. The zero-order valence-corrected chi connectivity index (χ0v) is 34.6. The van der Waals surface area contributed by atoms with Gasteiger partial charge in [0.1, 0.15) is 6.10 Å². The zero-order valence-electron chi connectivity index (χ0n) is 34.6. The number of aliphatic hydroxyl groups excluding tert-OH is 1. The number of unbranched alkanes of at least 4 members (excludes halogenated alkanes) is 8. The molecule has 296 valence electrons. The van der Waals surface area contributed by atoms with Crippen molar-refractivity contribution in [3.8, 4) is 0 Å². The minimum absolute atomic E-state index is 0.372. The van der Waals surface area contributed by atoms with Gasteiger partial charge in [-0.05, 0) is 136 Å². The summed E-state index contributed by atoms with van der Waals surface area (Å²) in [6.07, 6.45) is 35.5. The van der Waals surface area contributed by atoms with Crippen LogP contribution in [0.2, 0.25) is 0 Å². The van der Waals surface area contributed by atoms with Gasteiger partial charge >= 0.3 is 0 Å². The van der Waals surface area contributed by atoms with Crippen molar-refractivity contribution in [3.05, 3.63) is 23.8 Å². The molecule has 1 N–H and O–H groups in total. The van der Waals surface area contributed by atoms with E-state index >= 15 is 0 Å². The molecule has 0 heterocycles. The van der Waals surface area contributed by atoms with Crippen molar-refractivity contribution in [1.29, 1.82) is 0 Å². The van der Waals surface area contributed by atoms with Crippen molar-refractivity contribution in [2.45, 2.75) is 195 Å². The molecule has 0 aliphatic heterocycles. The molecule has 3 fully saturated rings. The Morgan fingerprint density at radius 3 is 2.22 bits per heavy atom. The Labute approximate surface area is 316 Å². The fourth-order valence-electron chi connectivity index (χ4n) is 11.4. The molecule has 0 aromatic carbocycles. The van der Waals surface area contributed by atoms with Crippen molar-refractivity contribution in [2.75, 3.05) is 33.0 Å². The first-order valence-electron chi connectivity index (χ1n) is 22.5. The van der Waals surface area contributed by atoms with Crippen LogP contribution < -0.4 is 0 Å². The second kappa shape index (κ2) is 22.6. The summed E-state index contributed by atoms with van der Waals surface area (Å²) in [6, 6.07) is 0. The number of allylic oxidation sites excluding steroid dienone is 3. The fourth-order valence-corrected chi connectivity index (χ4v) is 11.4. The third-order valence-corrected chi connectivity index (χ3v) is 14.5. The summed E-state index contributed by atoms with van der Waals surface area (Å²) in [4.78, 5) is 0. The first kappa shape index (κ1) is 43.1. The molecule has 3 saturated carbocycles. The van der Waals surface area contributed by atoms with Gasteiger partial charge in [-0.2, -0.15) is 0 Å². The Balaban J connectivity index is 1.02. The van der Waals surface area contributed by atoms with E-state index in [2.05, 4.69) is 59.8 Å². The predicted octanol–water partition coefficient (Wildman–Crippen LogP) is 12.7. The molecule has 0 aromatic heterocycles. The average Bonchev–Trinajstić information content (AvgIpc) is 3.47. The van der Waals surface area contributed by atoms with E-state index in [0.29, 0.717) is 36.8 Å². The van der Waals surface area contributed by atoms with Gasteiger partial charge in [0.15, 0.2) is 0 Å². The van der Waals surface area contributed by atoms with E-state index in [4.69, 9.17) is 14.2 Å². The highest BCUT2D eigenvalue weighted by molar-refractivity contribution is 5.25. The summed E-state index contributed by atoms with van der Waals surface area (Å²) in [5.74, 6) is 5.45. The van der Waals surface area contributed by atoms with Gasteiger partial charge in [-0.1, -0.05) is 117 Å². The molecule has 4 heteroatoms. The molecule has 0 spiro atoms. The van der Waals surface area contributed by atoms with Gasteiger partial charge in [-0.15, -0.1) is 0 Å². The van der Waals surface area contributed by atoms with Crippen molar-refractivity contribution in [2.24, 2.45) is 46.3 Å². The number of fused-ring (bicyclic) bond motifs is 5. The minimum Gasteiger partial charge on any atom is -0.388 e. The molecule has 0 aromatic rings. The van der Waals surface area contributed by atoms with Gasteiger partial charge in [0, 0.05) is 19.8 Å². The highest BCUT2D eigenvalue weighted by atomic mass is 16.5. The maximum absolute atomic E-state index is 10.1. The summed E-state index contributed by atoms with van der Waals surface area (Å²) in [5.41, 5.74) is 2.76. The van der Waals surface area contributed by atoms with Crippen LogP contribution in [0.3, 0.4) is 0 Å². The van der Waals surface area contributed by atoms with E-state index in [1.807, 2.05) is 0 Å². The first-order chi connectivity index (χ1) is 24.7. The lowest BCUT2D eigenvalue weighted by molar-refractivity contribution is -0.0641. The second-order valence-corrected chi connectivity index (χ2v) is 18.7. The van der Waals surface area contributed by atoms with Gasteiger partial charge in [-0.3, -0.25) is 0 Å². The Hall–Kier alpha value is -0.680. The lowest BCUT2D eigenvalue weighted by Crippen LogP contribution is -2.51. The number of hydrogen-bond donors (Lipinski definition) is 1. The summed E-state index contributed by atoms with van der Waals surface area (Å²) in [5, 5.41) is 10.1. The molecule has 4 aliphatic rings. The van der Waals surface area contributed by atoms with E-state index in [0.717, 1.165) is 68.0 Å². The monoisotopic (exact) mass is 713 g/mol. The number of hydrogen-bond acceptors (Lipinski definition) is 4. The molecular formula is C47H84O4. The SMILES string of the molecule is CCCCC/C=C\CCCOC[C@@H](O)COCCCCCCCO[C@H]1CC[C@@]2(C)C(=CC[C@@H]3C2CC[C@@]2(C)C3CC[C@@H]2[C@H](C)CCCC(C)C)C1. The Bertz CT molecular complexity index is 1000. The largest absolute Gasteiger partial charge is 0.388 e. The van der Waals surface area contributed by atoms with Gasteiger partial charge in [0.25, 0.3) is 0 Å². The molecule has 4 nitrogen and oxygen atoms in total. The molecule has 2 unspecified atom stereocenters. The smallest absolute Gasteiger partial charge is 0.101 e. The Kier molecular flexibility index (Phi) is 19.1. The molecule has 0 saturated heterocycles. The van der Waals surface area contributed by atoms with Crippen LogP contribution >= 0.6 is 0 Å². The highest BCUT2D eigenvalue weighted by Crippen LogP contribution is 2.67. The maximum Gasteiger partial charge on any atom is 0.101 e. The summed E-state index contributed by atoms with van der Waals surface area (Å²) >= 11 is 0. The average molecular weight is 713 g/mol. The van der Waals surface area contributed by atoms with Gasteiger partial charge in [-0.25, -0.2) is 0 Å². The highest BCUT2D eigenvalue weighted by Gasteiger charge is 2.59. The third kappa shape index (κ3) is 13.0. The van der Waals surface area contributed by atoms with Crippen LogP contribution in [0.4, 0.5) is 0 Å². The van der Waals surface area contributed by atoms with E-state index < -0.39 is 6.10 Å². The van der Waals surface area contributed by atoms with E-state index in [1.54, 1.807) is 5.57 Å². The van der Waals surface area contributed by atoms with E-state index in [9.17, 15) is 5.11 Å². The van der Waals surface area contributed by atoms with Gasteiger partial charge in [0.05, 0.1) is 19.3 Å². The summed E-state index contributed by atoms with van der Waals surface area (Å²) in [7, 11) is 0.